The molecule has 1 N–H and O–H groups in total. The van der Waals surface area contributed by atoms with Crippen LogP contribution < -0.4 is 4.72 Å². The Morgan fingerprint density at radius 3 is 2.52 bits per heavy atom. The molecule has 0 amide bonds. The van der Waals surface area contributed by atoms with E-state index in [-0.39, 0.29) is 16.6 Å². The fourth-order valence-corrected chi connectivity index (χ4v) is 5.19. The van der Waals surface area contributed by atoms with E-state index in [1.165, 1.54) is 22.8 Å². The van der Waals surface area contributed by atoms with Gasteiger partial charge in [0.2, 0.25) is 20.0 Å². The highest BCUT2D eigenvalue weighted by atomic mass is 32.2. The van der Waals surface area contributed by atoms with Crippen molar-refractivity contribution in [2.75, 3.05) is 25.4 Å². The summed E-state index contributed by atoms with van der Waals surface area (Å²) in [6, 6.07) is 3.13. The van der Waals surface area contributed by atoms with Crippen molar-refractivity contribution in [2.45, 2.75) is 31.1 Å². The summed E-state index contributed by atoms with van der Waals surface area (Å²) in [6.45, 7) is 3.00. The van der Waals surface area contributed by atoms with E-state index in [9.17, 15) is 16.8 Å². The Hall–Kier alpha value is -1.03. The van der Waals surface area contributed by atoms with Gasteiger partial charge in [0, 0.05) is 32.0 Å². The molecule has 9 heteroatoms. The quantitative estimate of drug-likeness (QED) is 0.775. The second-order valence-electron chi connectivity index (χ2n) is 5.70. The lowest BCUT2D eigenvalue weighted by Gasteiger charge is -2.31. The second kappa shape index (κ2) is 7.69. The predicted molar refractivity (Wildman–Crippen MR) is 87.8 cm³/mol. The third kappa shape index (κ3) is 4.97. The Kier molecular flexibility index (Phi) is 6.12. The first-order chi connectivity index (χ1) is 10.8. The summed E-state index contributed by atoms with van der Waals surface area (Å²) in [5.74, 6) is 0.295. The molecule has 0 aliphatic carbocycles. The van der Waals surface area contributed by atoms with Gasteiger partial charge < -0.3 is 0 Å². The number of aromatic nitrogens is 1. The molecular formula is C14H23N3O4S2. The standard InChI is InChI=1S/C14H23N3O4S2/c1-2-10-22(18,19)16-11-13-5-8-17(9-6-13)23(20,21)14-4-3-7-15-12-14/h3-4,7,12-13,16H,2,5-6,8-11H2,1H3. The van der Waals surface area contributed by atoms with Gasteiger partial charge in [0.1, 0.15) is 4.90 Å². The molecule has 1 fully saturated rings. The number of piperidine rings is 1. The van der Waals surface area contributed by atoms with Crippen LogP contribution in [0.25, 0.3) is 0 Å². The van der Waals surface area contributed by atoms with Crippen molar-refractivity contribution >= 4 is 20.0 Å². The molecule has 0 atom stereocenters. The first-order valence-electron chi connectivity index (χ1n) is 7.72. The Morgan fingerprint density at radius 1 is 1.26 bits per heavy atom. The summed E-state index contributed by atoms with van der Waals surface area (Å²) in [6.07, 6.45) is 4.76. The number of hydrogen-bond acceptors (Lipinski definition) is 5. The summed E-state index contributed by atoms with van der Waals surface area (Å²) >= 11 is 0. The molecule has 1 aromatic rings. The first kappa shape index (κ1) is 18.3. The van der Waals surface area contributed by atoms with Crippen molar-refractivity contribution in [2.24, 2.45) is 5.92 Å². The normalized spacial score (nSPS) is 18.1. The van der Waals surface area contributed by atoms with Crippen LogP contribution in [-0.2, 0) is 20.0 Å². The molecule has 7 nitrogen and oxygen atoms in total. The molecule has 130 valence electrons. The van der Waals surface area contributed by atoms with Crippen LogP contribution in [0.2, 0.25) is 0 Å². The van der Waals surface area contributed by atoms with Gasteiger partial charge in [0.25, 0.3) is 0 Å². The van der Waals surface area contributed by atoms with Gasteiger partial charge in [0.05, 0.1) is 5.75 Å². The highest BCUT2D eigenvalue weighted by Crippen LogP contribution is 2.23. The van der Waals surface area contributed by atoms with Gasteiger partial charge in [-0.1, -0.05) is 6.92 Å². The van der Waals surface area contributed by atoms with Crippen LogP contribution in [0.1, 0.15) is 26.2 Å². The summed E-state index contributed by atoms with van der Waals surface area (Å²) in [7, 11) is -6.71. The molecule has 0 radical (unpaired) electrons. The van der Waals surface area contributed by atoms with Crippen LogP contribution in [0.4, 0.5) is 0 Å². The monoisotopic (exact) mass is 361 g/mol. The van der Waals surface area contributed by atoms with Crippen LogP contribution >= 0.6 is 0 Å². The molecule has 1 aromatic heterocycles. The van der Waals surface area contributed by atoms with Crippen LogP contribution in [0.3, 0.4) is 0 Å². The molecule has 0 saturated carbocycles. The lowest BCUT2D eigenvalue weighted by atomic mass is 9.99. The maximum atomic E-state index is 12.5. The van der Waals surface area contributed by atoms with Gasteiger partial charge in [-0.15, -0.1) is 0 Å². The van der Waals surface area contributed by atoms with Crippen molar-refractivity contribution in [1.82, 2.24) is 14.0 Å². The van der Waals surface area contributed by atoms with E-state index in [0.29, 0.717) is 38.9 Å². The Balaban J connectivity index is 1.89. The first-order valence-corrected chi connectivity index (χ1v) is 10.8. The van der Waals surface area contributed by atoms with Crippen molar-refractivity contribution in [3.63, 3.8) is 0 Å². The topological polar surface area (TPSA) is 96.4 Å². The minimum atomic E-state index is -3.51. The van der Waals surface area contributed by atoms with Gasteiger partial charge in [0.15, 0.2) is 0 Å². The average molecular weight is 361 g/mol. The number of sulfonamides is 2. The summed E-state index contributed by atoms with van der Waals surface area (Å²) in [5.41, 5.74) is 0. The van der Waals surface area contributed by atoms with E-state index < -0.39 is 20.0 Å². The highest BCUT2D eigenvalue weighted by molar-refractivity contribution is 7.89. The number of nitrogens with one attached hydrogen (secondary N) is 1. The second-order valence-corrected chi connectivity index (χ2v) is 9.57. The van der Waals surface area contributed by atoms with Crippen LogP contribution in [0.15, 0.2) is 29.4 Å². The zero-order valence-electron chi connectivity index (χ0n) is 13.2. The molecule has 2 heterocycles. The summed E-state index contributed by atoms with van der Waals surface area (Å²) in [4.78, 5) is 4.05. The Labute approximate surface area is 138 Å². The molecule has 23 heavy (non-hydrogen) atoms. The van der Waals surface area contributed by atoms with Crippen molar-refractivity contribution < 1.29 is 16.8 Å². The maximum Gasteiger partial charge on any atom is 0.244 e. The van der Waals surface area contributed by atoms with Crippen LogP contribution in [0.5, 0.6) is 0 Å². The third-order valence-corrected chi connectivity index (χ3v) is 7.34. The number of pyridine rings is 1. The zero-order chi connectivity index (χ0) is 16.9. The molecule has 1 aliphatic heterocycles. The van der Waals surface area contributed by atoms with E-state index in [1.54, 1.807) is 6.07 Å². The average Bonchev–Trinajstić information content (AvgIpc) is 2.54. The molecule has 0 bridgehead atoms. The minimum Gasteiger partial charge on any atom is -0.263 e. The van der Waals surface area contributed by atoms with Gasteiger partial charge in [-0.05, 0) is 37.3 Å². The van der Waals surface area contributed by atoms with E-state index >= 15 is 0 Å². The SMILES string of the molecule is CCCS(=O)(=O)NCC1CCN(S(=O)(=O)c2cccnc2)CC1. The Bertz CT molecular complexity index is 697. The van der Waals surface area contributed by atoms with E-state index in [4.69, 9.17) is 0 Å². The van der Waals surface area contributed by atoms with Gasteiger partial charge in [-0.25, -0.2) is 21.6 Å². The lowest BCUT2D eigenvalue weighted by molar-refractivity contribution is 0.274. The summed E-state index contributed by atoms with van der Waals surface area (Å²) < 4.78 is 52.3. The fraction of sp³-hybridized carbons (Fsp3) is 0.643. The van der Waals surface area contributed by atoms with Crippen LogP contribution in [-0.4, -0.2) is 51.5 Å². The smallest absolute Gasteiger partial charge is 0.244 e. The summed E-state index contributed by atoms with van der Waals surface area (Å²) in [5, 5.41) is 0. The van der Waals surface area contributed by atoms with Gasteiger partial charge in [-0.3, -0.25) is 4.98 Å². The van der Waals surface area contributed by atoms with Crippen LogP contribution in [0, 0.1) is 5.92 Å². The van der Waals surface area contributed by atoms with E-state index in [0.717, 1.165) is 0 Å². The number of hydrogen-bond donors (Lipinski definition) is 1. The minimum absolute atomic E-state index is 0.126. The molecular weight excluding hydrogens is 338 g/mol. The molecule has 1 aliphatic rings. The molecule has 2 rings (SSSR count). The zero-order valence-corrected chi connectivity index (χ0v) is 14.8. The highest BCUT2D eigenvalue weighted by Gasteiger charge is 2.29. The Morgan fingerprint density at radius 2 is 1.96 bits per heavy atom. The van der Waals surface area contributed by atoms with Gasteiger partial charge >= 0.3 is 0 Å². The molecule has 0 spiro atoms. The van der Waals surface area contributed by atoms with E-state index in [1.807, 2.05) is 6.92 Å². The van der Waals surface area contributed by atoms with Gasteiger partial charge in [-0.2, -0.15) is 4.31 Å². The molecule has 0 aromatic carbocycles. The molecule has 1 saturated heterocycles. The van der Waals surface area contributed by atoms with Crippen molar-refractivity contribution in [3.8, 4) is 0 Å². The largest absolute Gasteiger partial charge is 0.263 e. The molecule has 0 unspecified atom stereocenters. The van der Waals surface area contributed by atoms with Crippen molar-refractivity contribution in [1.29, 1.82) is 0 Å². The third-order valence-electron chi connectivity index (χ3n) is 3.91. The maximum absolute atomic E-state index is 12.5. The van der Waals surface area contributed by atoms with E-state index in [2.05, 4.69) is 9.71 Å². The number of nitrogens with zero attached hydrogens (tertiary/aromatic N) is 2. The van der Waals surface area contributed by atoms with Crippen molar-refractivity contribution in [3.05, 3.63) is 24.5 Å². The number of rotatable bonds is 7. The lowest BCUT2D eigenvalue weighted by Crippen LogP contribution is -2.41. The fourth-order valence-electron chi connectivity index (χ4n) is 2.59. The predicted octanol–water partition coefficient (Wildman–Crippen LogP) is 0.812.